The standard InChI is InChI=1S/C22H13Cl3N2O2/c23-14-7-5-13(17(25)11-14)6-10-21(28)26-18-4-2-1-3-16(18)22-27-19-12-15(24)8-9-20(19)29-22/h1-12H,(H,26,28). The maximum absolute atomic E-state index is 12.4. The Kier molecular flexibility index (Phi) is 5.58. The van der Waals surface area contributed by atoms with Crippen LogP contribution in [0.3, 0.4) is 0 Å². The van der Waals surface area contributed by atoms with E-state index in [9.17, 15) is 4.79 Å². The zero-order valence-electron chi connectivity index (χ0n) is 14.8. The molecule has 4 rings (SSSR count). The van der Waals surface area contributed by atoms with E-state index in [0.29, 0.717) is 48.9 Å². The van der Waals surface area contributed by atoms with Crippen molar-refractivity contribution in [2.45, 2.75) is 0 Å². The number of hydrogen-bond acceptors (Lipinski definition) is 3. The van der Waals surface area contributed by atoms with E-state index < -0.39 is 0 Å². The fourth-order valence-corrected chi connectivity index (χ4v) is 3.41. The molecule has 1 aromatic heterocycles. The van der Waals surface area contributed by atoms with Gasteiger partial charge in [0.1, 0.15) is 5.52 Å². The van der Waals surface area contributed by atoms with Crippen LogP contribution in [0.25, 0.3) is 28.6 Å². The van der Waals surface area contributed by atoms with Crippen LogP contribution in [0.2, 0.25) is 15.1 Å². The Morgan fingerprint density at radius 1 is 0.966 bits per heavy atom. The SMILES string of the molecule is O=C(C=Cc1ccc(Cl)cc1Cl)Nc1ccccc1-c1nc2cc(Cl)ccc2o1. The molecule has 0 saturated heterocycles. The molecule has 0 saturated carbocycles. The Bertz CT molecular complexity index is 1250. The van der Waals surface area contributed by atoms with Gasteiger partial charge in [0.15, 0.2) is 5.58 Å². The van der Waals surface area contributed by atoms with Gasteiger partial charge in [0.25, 0.3) is 0 Å². The van der Waals surface area contributed by atoms with E-state index >= 15 is 0 Å². The molecule has 0 aliphatic heterocycles. The lowest BCUT2D eigenvalue weighted by Crippen LogP contribution is -2.08. The normalized spacial score (nSPS) is 11.3. The molecule has 0 fully saturated rings. The molecular formula is C22H13Cl3N2O2. The number of halogens is 3. The first kappa shape index (κ1) is 19.5. The lowest BCUT2D eigenvalue weighted by Gasteiger charge is -2.07. The molecule has 7 heteroatoms. The number of oxazole rings is 1. The van der Waals surface area contributed by atoms with Gasteiger partial charge in [-0.2, -0.15) is 0 Å². The average Bonchev–Trinajstić information content (AvgIpc) is 3.10. The van der Waals surface area contributed by atoms with Crippen LogP contribution in [0, 0.1) is 0 Å². The second-order valence-electron chi connectivity index (χ2n) is 6.17. The van der Waals surface area contributed by atoms with Crippen molar-refractivity contribution in [1.29, 1.82) is 0 Å². The topological polar surface area (TPSA) is 55.1 Å². The van der Waals surface area contributed by atoms with E-state index in [4.69, 9.17) is 39.2 Å². The Balaban J connectivity index is 1.59. The number of rotatable bonds is 4. The fraction of sp³-hybridized carbons (Fsp3) is 0. The highest BCUT2D eigenvalue weighted by Gasteiger charge is 2.13. The number of carbonyl (C=O) groups excluding carboxylic acids is 1. The number of hydrogen-bond donors (Lipinski definition) is 1. The van der Waals surface area contributed by atoms with Crippen LogP contribution in [0.4, 0.5) is 5.69 Å². The molecule has 4 nitrogen and oxygen atoms in total. The summed E-state index contributed by atoms with van der Waals surface area (Å²) in [5, 5.41) is 4.42. The summed E-state index contributed by atoms with van der Waals surface area (Å²) in [5.74, 6) is 0.0746. The van der Waals surface area contributed by atoms with Crippen LogP contribution >= 0.6 is 34.8 Å². The molecule has 4 aromatic rings. The zero-order chi connectivity index (χ0) is 20.4. The van der Waals surface area contributed by atoms with E-state index in [1.807, 2.05) is 18.2 Å². The molecule has 0 aliphatic rings. The monoisotopic (exact) mass is 442 g/mol. The van der Waals surface area contributed by atoms with Gasteiger partial charge in [0.05, 0.1) is 11.3 Å². The lowest BCUT2D eigenvalue weighted by atomic mass is 10.1. The number of anilines is 1. The van der Waals surface area contributed by atoms with Gasteiger partial charge in [-0.1, -0.05) is 53.0 Å². The minimum absolute atomic E-state index is 0.317. The highest BCUT2D eigenvalue weighted by molar-refractivity contribution is 6.35. The second-order valence-corrected chi connectivity index (χ2v) is 7.45. The van der Waals surface area contributed by atoms with E-state index in [1.165, 1.54) is 6.08 Å². The minimum atomic E-state index is -0.317. The molecule has 0 spiro atoms. The van der Waals surface area contributed by atoms with Gasteiger partial charge in [0, 0.05) is 21.1 Å². The first-order valence-electron chi connectivity index (χ1n) is 8.59. The Hall–Kier alpha value is -2.79. The predicted octanol–water partition coefficient (Wildman–Crippen LogP) is 7.11. The van der Waals surface area contributed by atoms with E-state index in [2.05, 4.69) is 10.3 Å². The first-order valence-corrected chi connectivity index (χ1v) is 9.72. The molecule has 0 radical (unpaired) electrons. The number of amides is 1. The maximum Gasteiger partial charge on any atom is 0.248 e. The van der Waals surface area contributed by atoms with Gasteiger partial charge in [-0.3, -0.25) is 4.79 Å². The molecule has 144 valence electrons. The fourth-order valence-electron chi connectivity index (χ4n) is 2.77. The molecular weight excluding hydrogens is 431 g/mol. The number of nitrogens with one attached hydrogen (secondary N) is 1. The van der Waals surface area contributed by atoms with E-state index in [-0.39, 0.29) is 5.91 Å². The smallest absolute Gasteiger partial charge is 0.248 e. The van der Waals surface area contributed by atoms with Crippen LogP contribution in [0.5, 0.6) is 0 Å². The van der Waals surface area contributed by atoms with E-state index in [1.54, 1.807) is 48.5 Å². The number of para-hydroxylation sites is 1. The van der Waals surface area contributed by atoms with Crippen LogP contribution < -0.4 is 5.32 Å². The molecule has 29 heavy (non-hydrogen) atoms. The number of carbonyl (C=O) groups is 1. The lowest BCUT2D eigenvalue weighted by molar-refractivity contribution is -0.111. The third-order valence-corrected chi connectivity index (χ3v) is 4.94. The number of fused-ring (bicyclic) bond motifs is 1. The molecule has 0 atom stereocenters. The summed E-state index contributed by atoms with van der Waals surface area (Å²) < 4.78 is 5.82. The average molecular weight is 444 g/mol. The number of benzene rings is 3. The van der Waals surface area contributed by atoms with Crippen LogP contribution in [0.15, 0.2) is 71.2 Å². The summed E-state index contributed by atoms with van der Waals surface area (Å²) in [6, 6.07) is 17.5. The molecule has 0 unspecified atom stereocenters. The molecule has 1 amide bonds. The largest absolute Gasteiger partial charge is 0.436 e. The van der Waals surface area contributed by atoms with Crippen LogP contribution in [-0.2, 0) is 4.79 Å². The summed E-state index contributed by atoms with van der Waals surface area (Å²) in [6.07, 6.45) is 3.02. The van der Waals surface area contributed by atoms with Crippen molar-refractivity contribution in [3.05, 3.63) is 87.4 Å². The van der Waals surface area contributed by atoms with Crippen molar-refractivity contribution in [3.63, 3.8) is 0 Å². The van der Waals surface area contributed by atoms with Gasteiger partial charge in [-0.25, -0.2) is 4.98 Å². The van der Waals surface area contributed by atoms with Crippen LogP contribution in [0.1, 0.15) is 5.56 Å². The van der Waals surface area contributed by atoms with Crippen molar-refractivity contribution in [1.82, 2.24) is 4.98 Å². The summed E-state index contributed by atoms with van der Waals surface area (Å²) in [5.41, 5.74) is 3.18. The second kappa shape index (κ2) is 8.29. The highest BCUT2D eigenvalue weighted by atomic mass is 35.5. The van der Waals surface area contributed by atoms with Gasteiger partial charge in [-0.05, 0) is 54.1 Å². The first-order chi connectivity index (χ1) is 14.0. The van der Waals surface area contributed by atoms with Crippen molar-refractivity contribution in [3.8, 4) is 11.5 Å². The third-order valence-electron chi connectivity index (χ3n) is 4.14. The molecule has 1 heterocycles. The zero-order valence-corrected chi connectivity index (χ0v) is 17.1. The Morgan fingerprint density at radius 2 is 1.72 bits per heavy atom. The van der Waals surface area contributed by atoms with Crippen molar-refractivity contribution in [2.75, 3.05) is 5.32 Å². The number of nitrogens with zero attached hydrogens (tertiary/aromatic N) is 1. The van der Waals surface area contributed by atoms with Crippen molar-refractivity contribution in [2.24, 2.45) is 0 Å². The quantitative estimate of drug-likeness (QED) is 0.342. The van der Waals surface area contributed by atoms with Gasteiger partial charge in [-0.15, -0.1) is 0 Å². The van der Waals surface area contributed by atoms with Gasteiger partial charge >= 0.3 is 0 Å². The maximum atomic E-state index is 12.4. The summed E-state index contributed by atoms with van der Waals surface area (Å²) >= 11 is 18.0. The highest BCUT2D eigenvalue weighted by Crippen LogP contribution is 2.31. The summed E-state index contributed by atoms with van der Waals surface area (Å²) in [4.78, 5) is 16.9. The van der Waals surface area contributed by atoms with Gasteiger partial charge < -0.3 is 9.73 Å². The van der Waals surface area contributed by atoms with Crippen molar-refractivity contribution < 1.29 is 9.21 Å². The van der Waals surface area contributed by atoms with Crippen LogP contribution in [-0.4, -0.2) is 10.9 Å². The predicted molar refractivity (Wildman–Crippen MR) is 119 cm³/mol. The van der Waals surface area contributed by atoms with Crippen molar-refractivity contribution >= 4 is 63.6 Å². The van der Waals surface area contributed by atoms with E-state index in [0.717, 1.165) is 0 Å². The summed E-state index contributed by atoms with van der Waals surface area (Å²) in [6.45, 7) is 0. The molecule has 0 bridgehead atoms. The minimum Gasteiger partial charge on any atom is -0.436 e. The summed E-state index contributed by atoms with van der Waals surface area (Å²) in [7, 11) is 0. The molecule has 0 aliphatic carbocycles. The third kappa shape index (κ3) is 4.46. The molecule has 3 aromatic carbocycles. The van der Waals surface area contributed by atoms with Gasteiger partial charge in [0.2, 0.25) is 11.8 Å². The molecule has 1 N–H and O–H groups in total. The Morgan fingerprint density at radius 3 is 2.55 bits per heavy atom. The Labute approximate surface area is 181 Å². The number of aromatic nitrogens is 1.